The lowest BCUT2D eigenvalue weighted by atomic mass is 10.1. The third-order valence-corrected chi connectivity index (χ3v) is 2.36. The zero-order valence-electron chi connectivity index (χ0n) is 9.37. The molecular weight excluding hydrogens is 218 g/mol. The number of hydrazine groups is 1. The van der Waals surface area contributed by atoms with Crippen molar-refractivity contribution in [3.05, 3.63) is 48.3 Å². The Labute approximate surface area is 98.9 Å². The number of hydrogen-bond donors (Lipinski definition) is 2. The van der Waals surface area contributed by atoms with Gasteiger partial charge in [0.2, 0.25) is 0 Å². The minimum absolute atomic E-state index is 0.325. The maximum atomic E-state index is 5.55. The molecule has 2 aromatic heterocycles. The summed E-state index contributed by atoms with van der Waals surface area (Å²) in [6, 6.07) is 5.08. The van der Waals surface area contributed by atoms with Crippen LogP contribution in [0.15, 0.2) is 36.9 Å². The zero-order chi connectivity index (χ0) is 12.1. The molecule has 88 valence electrons. The van der Waals surface area contributed by atoms with Gasteiger partial charge < -0.3 is 4.74 Å². The first kappa shape index (κ1) is 11.4. The van der Waals surface area contributed by atoms with Crippen molar-refractivity contribution in [2.75, 3.05) is 7.11 Å². The number of nitrogens with two attached hydrogens (primary N) is 1. The molecule has 17 heavy (non-hydrogen) atoms. The Hall–Kier alpha value is -2.05. The van der Waals surface area contributed by atoms with Gasteiger partial charge in [0.25, 0.3) is 0 Å². The molecule has 1 unspecified atom stereocenters. The lowest BCUT2D eigenvalue weighted by Crippen LogP contribution is -2.30. The van der Waals surface area contributed by atoms with Crippen LogP contribution in [0.5, 0.6) is 5.75 Å². The molecule has 3 N–H and O–H groups in total. The highest BCUT2D eigenvalue weighted by atomic mass is 16.5. The number of aromatic nitrogens is 3. The molecular formula is C11H13N5O. The van der Waals surface area contributed by atoms with Crippen LogP contribution in [-0.2, 0) is 0 Å². The summed E-state index contributed by atoms with van der Waals surface area (Å²) in [6.07, 6.45) is 4.81. The second-order valence-electron chi connectivity index (χ2n) is 3.32. The summed E-state index contributed by atoms with van der Waals surface area (Å²) in [4.78, 5) is 12.3. The number of nitrogens with zero attached hydrogens (tertiary/aromatic N) is 3. The van der Waals surface area contributed by atoms with Gasteiger partial charge >= 0.3 is 0 Å². The van der Waals surface area contributed by atoms with Gasteiger partial charge in [-0.1, -0.05) is 0 Å². The zero-order valence-corrected chi connectivity index (χ0v) is 9.37. The van der Waals surface area contributed by atoms with Crippen LogP contribution in [-0.4, -0.2) is 22.1 Å². The monoisotopic (exact) mass is 231 g/mol. The van der Waals surface area contributed by atoms with Crippen molar-refractivity contribution >= 4 is 0 Å². The van der Waals surface area contributed by atoms with Gasteiger partial charge in [0.1, 0.15) is 23.8 Å². The van der Waals surface area contributed by atoms with Crippen molar-refractivity contribution in [3.63, 3.8) is 0 Å². The maximum Gasteiger partial charge on any atom is 0.142 e. The fourth-order valence-electron chi connectivity index (χ4n) is 1.57. The first-order valence-corrected chi connectivity index (χ1v) is 5.07. The molecule has 6 heteroatoms. The van der Waals surface area contributed by atoms with Crippen molar-refractivity contribution in [3.8, 4) is 5.75 Å². The average molecular weight is 231 g/mol. The highest BCUT2D eigenvalue weighted by Gasteiger charge is 2.19. The Bertz CT molecular complexity index is 476. The van der Waals surface area contributed by atoms with Crippen molar-refractivity contribution in [2.45, 2.75) is 6.04 Å². The van der Waals surface area contributed by atoms with Crippen molar-refractivity contribution < 1.29 is 4.74 Å². The molecule has 0 radical (unpaired) electrons. The van der Waals surface area contributed by atoms with Crippen LogP contribution in [0.2, 0.25) is 0 Å². The van der Waals surface area contributed by atoms with E-state index in [-0.39, 0.29) is 6.04 Å². The van der Waals surface area contributed by atoms with E-state index in [4.69, 9.17) is 10.6 Å². The molecule has 2 rings (SSSR count). The first-order chi connectivity index (χ1) is 8.36. The summed E-state index contributed by atoms with van der Waals surface area (Å²) in [5.41, 5.74) is 4.10. The summed E-state index contributed by atoms with van der Waals surface area (Å²) in [7, 11) is 1.59. The minimum atomic E-state index is -0.325. The summed E-state index contributed by atoms with van der Waals surface area (Å²) in [5.74, 6) is 6.22. The maximum absolute atomic E-state index is 5.55. The van der Waals surface area contributed by atoms with E-state index in [0.29, 0.717) is 11.4 Å². The molecule has 0 bridgehead atoms. The summed E-state index contributed by atoms with van der Waals surface area (Å²) in [6.45, 7) is 0. The van der Waals surface area contributed by atoms with E-state index in [2.05, 4.69) is 20.4 Å². The molecule has 0 amide bonds. The second kappa shape index (κ2) is 5.33. The van der Waals surface area contributed by atoms with E-state index < -0.39 is 0 Å². The Morgan fingerprint density at radius 3 is 2.82 bits per heavy atom. The number of methoxy groups -OCH3 is 1. The van der Waals surface area contributed by atoms with Gasteiger partial charge in [0.15, 0.2) is 0 Å². The van der Waals surface area contributed by atoms with E-state index in [1.54, 1.807) is 31.6 Å². The van der Waals surface area contributed by atoms with Crippen LogP contribution in [0.25, 0.3) is 0 Å². The molecule has 0 aliphatic rings. The standard InChI is InChI=1S/C11H13N5O/c1-17-9-3-2-5-14-11(9)10(16-12)8-4-6-13-7-15-8/h2-7,10,16H,12H2,1H3. The Kier molecular flexibility index (Phi) is 3.59. The van der Waals surface area contributed by atoms with Gasteiger partial charge in [-0.3, -0.25) is 10.8 Å². The number of ether oxygens (including phenoxy) is 1. The third kappa shape index (κ3) is 2.38. The van der Waals surface area contributed by atoms with Crippen molar-refractivity contribution in [1.29, 1.82) is 0 Å². The number of nitrogens with one attached hydrogen (secondary N) is 1. The van der Waals surface area contributed by atoms with Crippen LogP contribution in [0.4, 0.5) is 0 Å². The second-order valence-corrected chi connectivity index (χ2v) is 3.32. The number of rotatable bonds is 4. The van der Waals surface area contributed by atoms with E-state index in [1.807, 2.05) is 6.07 Å². The number of pyridine rings is 1. The van der Waals surface area contributed by atoms with Crippen LogP contribution in [0, 0.1) is 0 Å². The lowest BCUT2D eigenvalue weighted by Gasteiger charge is -2.16. The van der Waals surface area contributed by atoms with Gasteiger partial charge in [-0.2, -0.15) is 0 Å². The topological polar surface area (TPSA) is 86.0 Å². The smallest absolute Gasteiger partial charge is 0.142 e. The molecule has 0 aliphatic heterocycles. The van der Waals surface area contributed by atoms with Gasteiger partial charge in [0, 0.05) is 12.4 Å². The van der Waals surface area contributed by atoms with E-state index >= 15 is 0 Å². The van der Waals surface area contributed by atoms with Gasteiger partial charge in [-0.25, -0.2) is 15.4 Å². The van der Waals surface area contributed by atoms with E-state index in [1.165, 1.54) is 6.33 Å². The summed E-state index contributed by atoms with van der Waals surface area (Å²) < 4.78 is 5.25. The van der Waals surface area contributed by atoms with Crippen molar-refractivity contribution in [1.82, 2.24) is 20.4 Å². The number of hydrogen-bond acceptors (Lipinski definition) is 6. The molecule has 2 aromatic rings. The summed E-state index contributed by atoms with van der Waals surface area (Å²) in [5, 5.41) is 0. The van der Waals surface area contributed by atoms with E-state index in [9.17, 15) is 0 Å². The molecule has 0 saturated carbocycles. The predicted octanol–water partition coefficient (Wildman–Crippen LogP) is 0.433. The van der Waals surface area contributed by atoms with Gasteiger partial charge in [-0.05, 0) is 18.2 Å². The van der Waals surface area contributed by atoms with Gasteiger partial charge in [-0.15, -0.1) is 0 Å². The molecule has 1 atom stereocenters. The largest absolute Gasteiger partial charge is 0.495 e. The van der Waals surface area contributed by atoms with Crippen LogP contribution < -0.4 is 16.0 Å². The Morgan fingerprint density at radius 2 is 2.18 bits per heavy atom. The first-order valence-electron chi connectivity index (χ1n) is 5.07. The SMILES string of the molecule is COc1cccnc1C(NN)c1ccncn1. The molecule has 0 spiro atoms. The highest BCUT2D eigenvalue weighted by Crippen LogP contribution is 2.25. The van der Waals surface area contributed by atoms with Crippen LogP contribution in [0.3, 0.4) is 0 Å². The predicted molar refractivity (Wildman–Crippen MR) is 62.0 cm³/mol. The lowest BCUT2D eigenvalue weighted by molar-refractivity contribution is 0.399. The molecule has 2 heterocycles. The fourth-order valence-corrected chi connectivity index (χ4v) is 1.57. The normalized spacial score (nSPS) is 12.1. The third-order valence-electron chi connectivity index (χ3n) is 2.36. The van der Waals surface area contributed by atoms with Crippen LogP contribution in [0.1, 0.15) is 17.4 Å². The van der Waals surface area contributed by atoms with Crippen LogP contribution >= 0.6 is 0 Å². The molecule has 0 fully saturated rings. The highest BCUT2D eigenvalue weighted by molar-refractivity contribution is 5.33. The minimum Gasteiger partial charge on any atom is -0.495 e. The quantitative estimate of drug-likeness (QED) is 0.586. The average Bonchev–Trinajstić information content (AvgIpc) is 2.41. The Balaban J connectivity index is 2.42. The molecule has 0 aromatic carbocycles. The van der Waals surface area contributed by atoms with Gasteiger partial charge in [0.05, 0.1) is 12.8 Å². The summed E-state index contributed by atoms with van der Waals surface area (Å²) >= 11 is 0. The Morgan fingerprint density at radius 1 is 1.29 bits per heavy atom. The van der Waals surface area contributed by atoms with Crippen molar-refractivity contribution in [2.24, 2.45) is 5.84 Å². The fraction of sp³-hybridized carbons (Fsp3) is 0.182. The molecule has 0 saturated heterocycles. The molecule has 6 nitrogen and oxygen atoms in total. The van der Waals surface area contributed by atoms with E-state index in [0.717, 1.165) is 5.69 Å². The molecule has 0 aliphatic carbocycles.